The topological polar surface area (TPSA) is 46.9 Å². The van der Waals surface area contributed by atoms with Crippen LogP contribution in [0, 0.1) is 6.92 Å². The van der Waals surface area contributed by atoms with E-state index >= 15 is 0 Å². The fourth-order valence-corrected chi connectivity index (χ4v) is 2.13. The van der Waals surface area contributed by atoms with E-state index in [2.05, 4.69) is 26.3 Å². The molecular weight excluding hydrogens is 306 g/mol. The number of nitrogens with zero attached hydrogens (tertiary/aromatic N) is 2. The minimum absolute atomic E-state index is 0.00647. The molecular formula is C14H16BrN3O. The molecule has 0 spiro atoms. The average molecular weight is 322 g/mol. The molecule has 1 atom stereocenters. The number of benzene rings is 1. The number of hydrogen-bond acceptors (Lipinski definition) is 2. The summed E-state index contributed by atoms with van der Waals surface area (Å²) in [5.41, 5.74) is 2.04. The van der Waals surface area contributed by atoms with Gasteiger partial charge in [0.2, 0.25) is 5.91 Å². The van der Waals surface area contributed by atoms with Crippen molar-refractivity contribution in [2.24, 2.45) is 0 Å². The van der Waals surface area contributed by atoms with Crippen LogP contribution in [-0.4, -0.2) is 15.7 Å². The van der Waals surface area contributed by atoms with E-state index in [9.17, 15) is 4.79 Å². The summed E-state index contributed by atoms with van der Waals surface area (Å²) in [7, 11) is 0. The van der Waals surface area contributed by atoms with Gasteiger partial charge in [0.15, 0.2) is 0 Å². The SMILES string of the molecule is Cc1c(Br)cnn1CC(=O)NC(C)c1ccccc1. The van der Waals surface area contributed by atoms with E-state index in [1.165, 1.54) is 0 Å². The highest BCUT2D eigenvalue weighted by Gasteiger charge is 2.12. The maximum absolute atomic E-state index is 12.0. The lowest BCUT2D eigenvalue weighted by Crippen LogP contribution is -2.30. The summed E-state index contributed by atoms with van der Waals surface area (Å²) < 4.78 is 2.59. The quantitative estimate of drug-likeness (QED) is 0.941. The summed E-state index contributed by atoms with van der Waals surface area (Å²) in [6, 6.07) is 9.89. The van der Waals surface area contributed by atoms with Gasteiger partial charge in [0.25, 0.3) is 0 Å². The number of amides is 1. The van der Waals surface area contributed by atoms with Crippen LogP contribution in [0.15, 0.2) is 41.0 Å². The first kappa shape index (κ1) is 13.8. The van der Waals surface area contributed by atoms with Gasteiger partial charge in [-0.05, 0) is 35.3 Å². The first-order valence-corrected chi connectivity index (χ1v) is 6.89. The third-order valence-electron chi connectivity index (χ3n) is 3.01. The lowest BCUT2D eigenvalue weighted by molar-refractivity contribution is -0.122. The number of hydrogen-bond donors (Lipinski definition) is 1. The predicted octanol–water partition coefficient (Wildman–Crippen LogP) is 2.83. The Morgan fingerprint density at radius 3 is 2.68 bits per heavy atom. The Hall–Kier alpha value is -1.62. The molecule has 1 unspecified atom stereocenters. The van der Waals surface area contributed by atoms with Crippen LogP contribution in [0.25, 0.3) is 0 Å². The number of carbonyl (C=O) groups excluding carboxylic acids is 1. The zero-order valence-electron chi connectivity index (χ0n) is 10.9. The first-order valence-electron chi connectivity index (χ1n) is 6.10. The van der Waals surface area contributed by atoms with Gasteiger partial charge in [0.05, 0.1) is 22.4 Å². The molecule has 1 N–H and O–H groups in total. The van der Waals surface area contributed by atoms with E-state index in [0.29, 0.717) is 0 Å². The second-order valence-electron chi connectivity index (χ2n) is 4.44. The maximum Gasteiger partial charge on any atom is 0.242 e. The zero-order chi connectivity index (χ0) is 13.8. The van der Waals surface area contributed by atoms with Gasteiger partial charge in [-0.2, -0.15) is 5.10 Å². The van der Waals surface area contributed by atoms with E-state index in [1.54, 1.807) is 10.9 Å². The van der Waals surface area contributed by atoms with E-state index < -0.39 is 0 Å². The maximum atomic E-state index is 12.0. The average Bonchev–Trinajstić information content (AvgIpc) is 2.71. The van der Waals surface area contributed by atoms with Crippen LogP contribution in [-0.2, 0) is 11.3 Å². The Morgan fingerprint density at radius 1 is 1.42 bits per heavy atom. The molecule has 2 rings (SSSR count). The third kappa shape index (κ3) is 3.44. The minimum Gasteiger partial charge on any atom is -0.348 e. The van der Waals surface area contributed by atoms with Gasteiger partial charge in [-0.3, -0.25) is 9.48 Å². The zero-order valence-corrected chi connectivity index (χ0v) is 12.5. The Labute approximate surface area is 120 Å². The normalized spacial score (nSPS) is 12.2. The van der Waals surface area contributed by atoms with Crippen molar-refractivity contribution >= 4 is 21.8 Å². The van der Waals surface area contributed by atoms with Gasteiger partial charge in [0.1, 0.15) is 6.54 Å². The third-order valence-corrected chi connectivity index (χ3v) is 3.79. The Balaban J connectivity index is 1.97. The van der Waals surface area contributed by atoms with Crippen molar-refractivity contribution < 1.29 is 4.79 Å². The highest BCUT2D eigenvalue weighted by atomic mass is 79.9. The molecule has 5 heteroatoms. The highest BCUT2D eigenvalue weighted by Crippen LogP contribution is 2.14. The number of aromatic nitrogens is 2. The largest absolute Gasteiger partial charge is 0.348 e. The van der Waals surface area contributed by atoms with Crippen LogP contribution < -0.4 is 5.32 Å². The van der Waals surface area contributed by atoms with Gasteiger partial charge >= 0.3 is 0 Å². The van der Waals surface area contributed by atoms with Crippen LogP contribution >= 0.6 is 15.9 Å². The molecule has 0 bridgehead atoms. The van der Waals surface area contributed by atoms with Crippen LogP contribution in [0.1, 0.15) is 24.2 Å². The first-order chi connectivity index (χ1) is 9.08. The second-order valence-corrected chi connectivity index (χ2v) is 5.29. The summed E-state index contributed by atoms with van der Waals surface area (Å²) >= 11 is 3.38. The van der Waals surface area contributed by atoms with Crippen molar-refractivity contribution in [1.29, 1.82) is 0 Å². The smallest absolute Gasteiger partial charge is 0.242 e. The van der Waals surface area contributed by atoms with E-state index in [4.69, 9.17) is 0 Å². The number of rotatable bonds is 4. The van der Waals surface area contributed by atoms with Gasteiger partial charge in [-0.1, -0.05) is 30.3 Å². The summed E-state index contributed by atoms with van der Waals surface area (Å²) in [4.78, 5) is 12.0. The molecule has 4 nitrogen and oxygen atoms in total. The fourth-order valence-electron chi connectivity index (χ4n) is 1.83. The van der Waals surface area contributed by atoms with Gasteiger partial charge in [-0.15, -0.1) is 0 Å². The molecule has 1 aromatic carbocycles. The summed E-state index contributed by atoms with van der Waals surface area (Å²) in [5.74, 6) is -0.0462. The van der Waals surface area contributed by atoms with Crippen molar-refractivity contribution in [3.8, 4) is 0 Å². The Kier molecular flexibility index (Phi) is 4.37. The summed E-state index contributed by atoms with van der Waals surface area (Å²) in [5, 5.41) is 7.11. The summed E-state index contributed by atoms with van der Waals surface area (Å²) in [6.45, 7) is 4.12. The van der Waals surface area contributed by atoms with Crippen LogP contribution in [0.3, 0.4) is 0 Å². The number of carbonyl (C=O) groups is 1. The number of nitrogens with one attached hydrogen (secondary N) is 1. The molecule has 0 aliphatic carbocycles. The monoisotopic (exact) mass is 321 g/mol. The molecule has 0 radical (unpaired) electrons. The van der Waals surface area contributed by atoms with Crippen LogP contribution in [0.5, 0.6) is 0 Å². The molecule has 0 fully saturated rings. The minimum atomic E-state index is -0.0462. The van der Waals surface area contributed by atoms with Gasteiger partial charge in [-0.25, -0.2) is 0 Å². The Morgan fingerprint density at radius 2 is 2.11 bits per heavy atom. The van der Waals surface area contributed by atoms with Crippen molar-refractivity contribution in [3.05, 3.63) is 52.3 Å². The standard InChI is InChI=1S/C14H16BrN3O/c1-10(12-6-4-3-5-7-12)17-14(19)9-18-11(2)13(15)8-16-18/h3-8,10H,9H2,1-2H3,(H,17,19). The molecule has 0 aliphatic rings. The van der Waals surface area contributed by atoms with Gasteiger partial charge in [0, 0.05) is 0 Å². The molecule has 0 saturated carbocycles. The molecule has 1 heterocycles. The van der Waals surface area contributed by atoms with Crippen LogP contribution in [0.4, 0.5) is 0 Å². The number of halogens is 1. The van der Waals surface area contributed by atoms with Crippen molar-refractivity contribution in [2.45, 2.75) is 26.4 Å². The molecule has 0 saturated heterocycles. The Bertz CT molecular complexity index is 565. The summed E-state index contributed by atoms with van der Waals surface area (Å²) in [6.07, 6.45) is 1.70. The van der Waals surface area contributed by atoms with Crippen LogP contribution in [0.2, 0.25) is 0 Å². The van der Waals surface area contributed by atoms with Crippen molar-refractivity contribution in [1.82, 2.24) is 15.1 Å². The van der Waals surface area contributed by atoms with E-state index in [1.807, 2.05) is 44.2 Å². The van der Waals surface area contributed by atoms with Crippen molar-refractivity contribution in [2.75, 3.05) is 0 Å². The molecule has 2 aromatic rings. The van der Waals surface area contributed by atoms with Crippen molar-refractivity contribution in [3.63, 3.8) is 0 Å². The van der Waals surface area contributed by atoms with Gasteiger partial charge < -0.3 is 5.32 Å². The fraction of sp³-hybridized carbons (Fsp3) is 0.286. The lowest BCUT2D eigenvalue weighted by atomic mass is 10.1. The highest BCUT2D eigenvalue weighted by molar-refractivity contribution is 9.10. The lowest BCUT2D eigenvalue weighted by Gasteiger charge is -2.14. The molecule has 100 valence electrons. The molecule has 19 heavy (non-hydrogen) atoms. The molecule has 1 amide bonds. The predicted molar refractivity (Wildman–Crippen MR) is 77.7 cm³/mol. The molecule has 0 aliphatic heterocycles. The second kappa shape index (κ2) is 6.02. The van der Waals surface area contributed by atoms with E-state index in [0.717, 1.165) is 15.7 Å². The van der Waals surface area contributed by atoms with E-state index in [-0.39, 0.29) is 18.5 Å². The molecule has 1 aromatic heterocycles.